The SMILES string of the molecule is COc1cccc(Oc2ccc(CNC(=O)c3sc4nc(C(F)(F)F)ccc4c3C)cn2)c1. The van der Waals surface area contributed by atoms with Gasteiger partial charge in [-0.25, -0.2) is 9.97 Å². The Morgan fingerprint density at radius 1 is 1.12 bits per heavy atom. The number of carbonyl (C=O) groups excluding carboxylic acids is 1. The van der Waals surface area contributed by atoms with Crippen LogP contribution in [-0.4, -0.2) is 23.0 Å². The lowest BCUT2D eigenvalue weighted by Gasteiger charge is -2.08. The highest BCUT2D eigenvalue weighted by molar-refractivity contribution is 7.20. The minimum absolute atomic E-state index is 0.174. The molecule has 0 unspecified atom stereocenters. The van der Waals surface area contributed by atoms with E-state index >= 15 is 0 Å². The van der Waals surface area contributed by atoms with Crippen LogP contribution in [0.2, 0.25) is 0 Å². The summed E-state index contributed by atoms with van der Waals surface area (Å²) in [7, 11) is 1.57. The summed E-state index contributed by atoms with van der Waals surface area (Å²) in [5.74, 6) is 1.23. The highest BCUT2D eigenvalue weighted by Gasteiger charge is 2.33. The highest BCUT2D eigenvalue weighted by Crippen LogP contribution is 2.34. The molecule has 0 atom stereocenters. The first-order valence-electron chi connectivity index (χ1n) is 9.77. The number of carbonyl (C=O) groups is 1. The summed E-state index contributed by atoms with van der Waals surface area (Å²) in [5, 5.41) is 3.30. The number of aromatic nitrogens is 2. The fraction of sp³-hybridized carbons (Fsp3) is 0.174. The third kappa shape index (κ3) is 5.06. The van der Waals surface area contributed by atoms with Crippen LogP contribution in [0.5, 0.6) is 17.4 Å². The van der Waals surface area contributed by atoms with Crippen LogP contribution in [-0.2, 0) is 12.7 Å². The van der Waals surface area contributed by atoms with Crippen LogP contribution >= 0.6 is 11.3 Å². The number of hydrogen-bond acceptors (Lipinski definition) is 6. The van der Waals surface area contributed by atoms with E-state index in [0.29, 0.717) is 33.2 Å². The quantitative estimate of drug-likeness (QED) is 0.386. The minimum Gasteiger partial charge on any atom is -0.497 e. The van der Waals surface area contributed by atoms with Crippen molar-refractivity contribution >= 4 is 27.5 Å². The summed E-state index contributed by atoms with van der Waals surface area (Å²) in [4.78, 5) is 21.0. The third-order valence-corrected chi connectivity index (χ3v) is 6.01. The summed E-state index contributed by atoms with van der Waals surface area (Å²) >= 11 is 0.935. The molecular formula is C23H18F3N3O3S. The maximum Gasteiger partial charge on any atom is 0.433 e. The second-order valence-corrected chi connectivity index (χ2v) is 8.07. The molecule has 0 aliphatic carbocycles. The third-order valence-electron chi connectivity index (χ3n) is 4.81. The molecule has 1 amide bonds. The lowest BCUT2D eigenvalue weighted by atomic mass is 10.1. The van der Waals surface area contributed by atoms with Gasteiger partial charge in [0, 0.05) is 30.3 Å². The Labute approximate surface area is 191 Å². The number of alkyl halides is 3. The highest BCUT2D eigenvalue weighted by atomic mass is 32.1. The van der Waals surface area contributed by atoms with Crippen molar-refractivity contribution in [3.05, 3.63) is 76.4 Å². The van der Waals surface area contributed by atoms with Crippen molar-refractivity contribution in [2.24, 2.45) is 0 Å². The van der Waals surface area contributed by atoms with Crippen molar-refractivity contribution in [1.29, 1.82) is 0 Å². The van der Waals surface area contributed by atoms with Gasteiger partial charge in [0.15, 0.2) is 0 Å². The minimum atomic E-state index is -4.54. The molecule has 0 saturated carbocycles. The van der Waals surface area contributed by atoms with Gasteiger partial charge in [0.05, 0.1) is 12.0 Å². The summed E-state index contributed by atoms with van der Waals surface area (Å²) in [6.07, 6.45) is -2.96. The van der Waals surface area contributed by atoms with E-state index in [1.165, 1.54) is 6.07 Å². The Balaban J connectivity index is 1.42. The van der Waals surface area contributed by atoms with Gasteiger partial charge in [-0.05, 0) is 42.3 Å². The number of benzene rings is 1. The number of fused-ring (bicyclic) bond motifs is 1. The molecule has 4 aromatic rings. The van der Waals surface area contributed by atoms with Crippen molar-refractivity contribution < 1.29 is 27.4 Å². The van der Waals surface area contributed by atoms with Gasteiger partial charge in [-0.15, -0.1) is 11.3 Å². The van der Waals surface area contributed by atoms with Crippen LogP contribution in [0.4, 0.5) is 13.2 Å². The number of halogens is 3. The molecular weight excluding hydrogens is 455 g/mol. The van der Waals surface area contributed by atoms with E-state index < -0.39 is 11.9 Å². The second-order valence-electron chi connectivity index (χ2n) is 7.07. The number of methoxy groups -OCH3 is 1. The zero-order valence-corrected chi connectivity index (χ0v) is 18.4. The van der Waals surface area contributed by atoms with Crippen molar-refractivity contribution in [3.8, 4) is 17.4 Å². The zero-order chi connectivity index (χ0) is 23.6. The van der Waals surface area contributed by atoms with Gasteiger partial charge in [0.2, 0.25) is 5.88 Å². The van der Waals surface area contributed by atoms with Gasteiger partial charge in [-0.1, -0.05) is 12.1 Å². The fourth-order valence-corrected chi connectivity index (χ4v) is 4.19. The molecule has 3 heterocycles. The Morgan fingerprint density at radius 3 is 2.61 bits per heavy atom. The zero-order valence-electron chi connectivity index (χ0n) is 17.6. The van der Waals surface area contributed by atoms with Gasteiger partial charge in [-0.2, -0.15) is 13.2 Å². The smallest absolute Gasteiger partial charge is 0.433 e. The number of hydrogen-bond donors (Lipinski definition) is 1. The van der Waals surface area contributed by atoms with Gasteiger partial charge >= 0.3 is 6.18 Å². The van der Waals surface area contributed by atoms with Gasteiger partial charge < -0.3 is 14.8 Å². The van der Waals surface area contributed by atoms with Crippen LogP contribution in [0.1, 0.15) is 26.5 Å². The molecule has 0 bridgehead atoms. The maximum absolute atomic E-state index is 12.9. The van der Waals surface area contributed by atoms with E-state index in [2.05, 4.69) is 15.3 Å². The Kier molecular flexibility index (Phi) is 6.19. The normalized spacial score (nSPS) is 11.4. The van der Waals surface area contributed by atoms with E-state index in [1.54, 1.807) is 56.6 Å². The number of thiophene rings is 1. The van der Waals surface area contributed by atoms with E-state index in [4.69, 9.17) is 9.47 Å². The topological polar surface area (TPSA) is 73.3 Å². The predicted molar refractivity (Wildman–Crippen MR) is 118 cm³/mol. The van der Waals surface area contributed by atoms with Crippen LogP contribution < -0.4 is 14.8 Å². The molecule has 3 aromatic heterocycles. The molecule has 4 rings (SSSR count). The standard InChI is InChI=1S/C23H18F3N3O3S/c1-13-17-7-8-18(23(24,25)26)29-22(17)33-20(13)21(30)28-12-14-6-9-19(27-11-14)32-16-5-3-4-15(10-16)31-2/h3-11H,12H2,1-2H3,(H,28,30). The molecule has 0 saturated heterocycles. The Hall–Kier alpha value is -3.66. The first kappa shape index (κ1) is 22.5. The largest absolute Gasteiger partial charge is 0.497 e. The van der Waals surface area contributed by atoms with Crippen molar-refractivity contribution in [2.45, 2.75) is 19.6 Å². The van der Waals surface area contributed by atoms with E-state index in [1.807, 2.05) is 0 Å². The average Bonchev–Trinajstić information content (AvgIpc) is 3.14. The maximum atomic E-state index is 12.9. The summed E-state index contributed by atoms with van der Waals surface area (Å²) < 4.78 is 49.6. The number of ether oxygens (including phenoxy) is 2. The average molecular weight is 473 g/mol. The van der Waals surface area contributed by atoms with Crippen LogP contribution in [0, 0.1) is 6.92 Å². The molecule has 0 aliphatic rings. The monoisotopic (exact) mass is 473 g/mol. The molecule has 0 radical (unpaired) electrons. The molecule has 1 aromatic carbocycles. The summed E-state index contributed by atoms with van der Waals surface area (Å²) in [5.41, 5.74) is 0.344. The fourth-order valence-electron chi connectivity index (χ4n) is 3.10. The van der Waals surface area contributed by atoms with Crippen molar-refractivity contribution in [1.82, 2.24) is 15.3 Å². The molecule has 0 spiro atoms. The van der Waals surface area contributed by atoms with Crippen LogP contribution in [0.15, 0.2) is 54.7 Å². The number of aryl methyl sites for hydroxylation is 1. The lowest BCUT2D eigenvalue weighted by Crippen LogP contribution is -2.22. The molecule has 10 heteroatoms. The van der Waals surface area contributed by atoms with Crippen LogP contribution in [0.3, 0.4) is 0 Å². The molecule has 0 aliphatic heterocycles. The number of nitrogens with zero attached hydrogens (tertiary/aromatic N) is 2. The van der Waals surface area contributed by atoms with E-state index in [0.717, 1.165) is 23.0 Å². The lowest BCUT2D eigenvalue weighted by molar-refractivity contribution is -0.140. The molecule has 0 fully saturated rings. The number of pyridine rings is 2. The Bertz CT molecular complexity index is 1300. The van der Waals surface area contributed by atoms with Crippen molar-refractivity contribution in [3.63, 3.8) is 0 Å². The van der Waals surface area contributed by atoms with Crippen LogP contribution in [0.25, 0.3) is 10.2 Å². The molecule has 170 valence electrons. The summed E-state index contributed by atoms with van der Waals surface area (Å²) in [6, 6.07) is 12.8. The summed E-state index contributed by atoms with van der Waals surface area (Å²) in [6.45, 7) is 1.88. The number of rotatable bonds is 6. The molecule has 1 N–H and O–H groups in total. The van der Waals surface area contributed by atoms with Gasteiger partial charge in [0.25, 0.3) is 5.91 Å². The second kappa shape index (κ2) is 9.07. The first-order valence-corrected chi connectivity index (χ1v) is 10.6. The first-order chi connectivity index (χ1) is 15.7. The van der Waals surface area contributed by atoms with E-state index in [-0.39, 0.29) is 17.3 Å². The van der Waals surface area contributed by atoms with Gasteiger partial charge in [-0.3, -0.25) is 4.79 Å². The van der Waals surface area contributed by atoms with E-state index in [9.17, 15) is 18.0 Å². The molecule has 33 heavy (non-hydrogen) atoms. The number of amides is 1. The van der Waals surface area contributed by atoms with Crippen molar-refractivity contribution in [2.75, 3.05) is 7.11 Å². The Morgan fingerprint density at radius 2 is 1.91 bits per heavy atom. The van der Waals surface area contributed by atoms with Gasteiger partial charge in [0.1, 0.15) is 22.0 Å². The number of nitrogens with one attached hydrogen (secondary N) is 1. The molecule has 6 nitrogen and oxygen atoms in total. The predicted octanol–water partition coefficient (Wildman–Crippen LogP) is 5.75.